The van der Waals surface area contributed by atoms with E-state index in [-0.39, 0.29) is 0 Å². The van der Waals surface area contributed by atoms with Gasteiger partial charge in [-0.05, 0) is 26.8 Å². The zero-order valence-corrected chi connectivity index (χ0v) is 10.6. The molecule has 1 heterocycles. The van der Waals surface area contributed by atoms with Gasteiger partial charge >= 0.3 is 0 Å². The van der Waals surface area contributed by atoms with E-state index in [9.17, 15) is 5.11 Å². The standard InChI is InChI=1S/C14H19NO2/c1-10-12(8-15-9-14(2,3)16)11-6-4-5-7-13(11)17-10/h4-7,15-16H,8-9H2,1-3H3. The van der Waals surface area contributed by atoms with Gasteiger partial charge in [0, 0.05) is 24.0 Å². The maximum atomic E-state index is 9.64. The number of benzene rings is 1. The molecule has 0 amide bonds. The molecule has 0 aliphatic heterocycles. The summed E-state index contributed by atoms with van der Waals surface area (Å²) in [4.78, 5) is 0. The topological polar surface area (TPSA) is 45.4 Å². The first-order valence-electron chi connectivity index (χ1n) is 5.87. The minimum absolute atomic E-state index is 0.561. The monoisotopic (exact) mass is 233 g/mol. The van der Waals surface area contributed by atoms with E-state index < -0.39 is 5.60 Å². The van der Waals surface area contributed by atoms with Crippen LogP contribution >= 0.6 is 0 Å². The maximum absolute atomic E-state index is 9.64. The van der Waals surface area contributed by atoms with E-state index in [1.165, 1.54) is 5.56 Å². The Bertz CT molecular complexity index is 508. The lowest BCUT2D eigenvalue weighted by Gasteiger charge is -2.17. The van der Waals surface area contributed by atoms with Crippen LogP contribution in [0.5, 0.6) is 0 Å². The highest BCUT2D eigenvalue weighted by Crippen LogP contribution is 2.24. The Balaban J connectivity index is 2.15. The fourth-order valence-corrected chi connectivity index (χ4v) is 1.93. The van der Waals surface area contributed by atoms with Gasteiger partial charge < -0.3 is 14.8 Å². The number of furan rings is 1. The third-order valence-electron chi connectivity index (χ3n) is 2.76. The van der Waals surface area contributed by atoms with Crippen LogP contribution in [0.3, 0.4) is 0 Å². The second-order valence-electron chi connectivity index (χ2n) is 5.05. The van der Waals surface area contributed by atoms with Crippen LogP contribution in [0.15, 0.2) is 28.7 Å². The maximum Gasteiger partial charge on any atom is 0.134 e. The van der Waals surface area contributed by atoms with Crippen LogP contribution in [0.1, 0.15) is 25.2 Å². The molecule has 0 aliphatic rings. The summed E-state index contributed by atoms with van der Waals surface area (Å²) in [5, 5.41) is 14.0. The molecule has 3 heteroatoms. The molecule has 2 aromatic rings. The van der Waals surface area contributed by atoms with Gasteiger partial charge in [-0.25, -0.2) is 0 Å². The summed E-state index contributed by atoms with van der Waals surface area (Å²) in [6, 6.07) is 8.02. The summed E-state index contributed by atoms with van der Waals surface area (Å²) in [7, 11) is 0. The van der Waals surface area contributed by atoms with E-state index in [4.69, 9.17) is 4.42 Å². The Morgan fingerprint density at radius 1 is 1.29 bits per heavy atom. The fraction of sp³-hybridized carbons (Fsp3) is 0.429. The van der Waals surface area contributed by atoms with Crippen LogP contribution in [0, 0.1) is 6.92 Å². The highest BCUT2D eigenvalue weighted by atomic mass is 16.3. The van der Waals surface area contributed by atoms with Crippen LogP contribution in [0.2, 0.25) is 0 Å². The molecule has 92 valence electrons. The predicted molar refractivity (Wildman–Crippen MR) is 69.0 cm³/mol. The Hall–Kier alpha value is -1.32. The van der Waals surface area contributed by atoms with Crippen molar-refractivity contribution in [1.29, 1.82) is 0 Å². The van der Waals surface area contributed by atoms with Crippen molar-refractivity contribution in [2.75, 3.05) is 6.54 Å². The number of fused-ring (bicyclic) bond motifs is 1. The predicted octanol–water partition coefficient (Wildman–Crippen LogP) is 2.60. The molecular formula is C14H19NO2. The number of aliphatic hydroxyl groups is 1. The Labute approximate surface area is 101 Å². The summed E-state index contributed by atoms with van der Waals surface area (Å²) in [6.07, 6.45) is 0. The van der Waals surface area contributed by atoms with Crippen molar-refractivity contribution in [3.05, 3.63) is 35.6 Å². The molecule has 0 atom stereocenters. The molecule has 0 saturated carbocycles. The molecule has 0 fully saturated rings. The zero-order valence-electron chi connectivity index (χ0n) is 10.6. The van der Waals surface area contributed by atoms with Gasteiger partial charge in [-0.3, -0.25) is 0 Å². The van der Waals surface area contributed by atoms with Crippen LogP contribution in [-0.2, 0) is 6.54 Å². The van der Waals surface area contributed by atoms with Gasteiger partial charge in [-0.15, -0.1) is 0 Å². The number of rotatable bonds is 4. The highest BCUT2D eigenvalue weighted by molar-refractivity contribution is 5.82. The SMILES string of the molecule is Cc1oc2ccccc2c1CNCC(C)(C)O. The molecular weight excluding hydrogens is 214 g/mol. The zero-order chi connectivity index (χ0) is 12.5. The summed E-state index contributed by atoms with van der Waals surface area (Å²) >= 11 is 0. The lowest BCUT2D eigenvalue weighted by molar-refractivity contribution is 0.0795. The largest absolute Gasteiger partial charge is 0.461 e. The summed E-state index contributed by atoms with van der Waals surface area (Å²) < 4.78 is 5.68. The third kappa shape index (κ3) is 2.87. The lowest BCUT2D eigenvalue weighted by Crippen LogP contribution is -2.34. The normalized spacial score (nSPS) is 12.2. The number of para-hydroxylation sites is 1. The van der Waals surface area contributed by atoms with Crippen molar-refractivity contribution in [2.45, 2.75) is 32.9 Å². The van der Waals surface area contributed by atoms with E-state index >= 15 is 0 Å². The van der Waals surface area contributed by atoms with E-state index in [0.29, 0.717) is 13.1 Å². The van der Waals surface area contributed by atoms with Gasteiger partial charge in [0.1, 0.15) is 11.3 Å². The molecule has 2 N–H and O–H groups in total. The fourth-order valence-electron chi connectivity index (χ4n) is 1.93. The second kappa shape index (κ2) is 4.51. The van der Waals surface area contributed by atoms with Gasteiger partial charge in [-0.1, -0.05) is 18.2 Å². The molecule has 0 saturated heterocycles. The molecule has 3 nitrogen and oxygen atoms in total. The quantitative estimate of drug-likeness (QED) is 0.853. The lowest BCUT2D eigenvalue weighted by atomic mass is 10.1. The van der Waals surface area contributed by atoms with Crippen molar-refractivity contribution in [3.63, 3.8) is 0 Å². The first-order valence-corrected chi connectivity index (χ1v) is 5.87. The van der Waals surface area contributed by atoms with E-state index in [0.717, 1.165) is 16.7 Å². The molecule has 0 aliphatic carbocycles. The summed E-state index contributed by atoms with van der Waals surface area (Å²) in [6.45, 7) is 6.83. The Morgan fingerprint density at radius 3 is 2.71 bits per heavy atom. The van der Waals surface area contributed by atoms with E-state index in [2.05, 4.69) is 11.4 Å². The third-order valence-corrected chi connectivity index (χ3v) is 2.76. The molecule has 0 bridgehead atoms. The van der Waals surface area contributed by atoms with Crippen molar-refractivity contribution in [3.8, 4) is 0 Å². The smallest absolute Gasteiger partial charge is 0.134 e. The van der Waals surface area contributed by atoms with Crippen molar-refractivity contribution in [1.82, 2.24) is 5.32 Å². The van der Waals surface area contributed by atoms with Crippen LogP contribution in [0.25, 0.3) is 11.0 Å². The van der Waals surface area contributed by atoms with Gasteiger partial charge in [0.2, 0.25) is 0 Å². The Kier molecular flexibility index (Phi) is 3.22. The summed E-state index contributed by atoms with van der Waals surface area (Å²) in [5.41, 5.74) is 1.41. The molecule has 0 spiro atoms. The van der Waals surface area contributed by atoms with E-state index in [1.807, 2.05) is 25.1 Å². The van der Waals surface area contributed by atoms with Crippen LogP contribution < -0.4 is 5.32 Å². The number of aryl methyl sites for hydroxylation is 1. The molecule has 1 aromatic carbocycles. The molecule has 0 radical (unpaired) electrons. The highest BCUT2D eigenvalue weighted by Gasteiger charge is 2.14. The molecule has 2 rings (SSSR count). The van der Waals surface area contributed by atoms with Gasteiger partial charge in [0.05, 0.1) is 5.60 Å². The van der Waals surface area contributed by atoms with Gasteiger partial charge in [-0.2, -0.15) is 0 Å². The number of nitrogens with one attached hydrogen (secondary N) is 1. The molecule has 0 unspecified atom stereocenters. The van der Waals surface area contributed by atoms with Gasteiger partial charge in [0.25, 0.3) is 0 Å². The number of hydrogen-bond acceptors (Lipinski definition) is 3. The van der Waals surface area contributed by atoms with Crippen molar-refractivity contribution >= 4 is 11.0 Å². The van der Waals surface area contributed by atoms with Crippen LogP contribution in [-0.4, -0.2) is 17.3 Å². The minimum Gasteiger partial charge on any atom is -0.461 e. The van der Waals surface area contributed by atoms with Gasteiger partial charge in [0.15, 0.2) is 0 Å². The Morgan fingerprint density at radius 2 is 2.00 bits per heavy atom. The average molecular weight is 233 g/mol. The minimum atomic E-state index is -0.687. The first-order chi connectivity index (χ1) is 7.97. The number of hydrogen-bond donors (Lipinski definition) is 2. The summed E-state index contributed by atoms with van der Waals surface area (Å²) in [5.74, 6) is 0.939. The molecule has 17 heavy (non-hydrogen) atoms. The average Bonchev–Trinajstić information content (AvgIpc) is 2.54. The first kappa shape index (κ1) is 12.1. The van der Waals surface area contributed by atoms with Crippen LogP contribution in [0.4, 0.5) is 0 Å². The van der Waals surface area contributed by atoms with Crippen molar-refractivity contribution in [2.24, 2.45) is 0 Å². The van der Waals surface area contributed by atoms with E-state index in [1.54, 1.807) is 13.8 Å². The molecule has 1 aromatic heterocycles. The van der Waals surface area contributed by atoms with Crippen molar-refractivity contribution < 1.29 is 9.52 Å². The second-order valence-corrected chi connectivity index (χ2v) is 5.05.